The number of rotatable bonds is 6. The van der Waals surface area contributed by atoms with E-state index in [-0.39, 0.29) is 29.7 Å². The lowest BCUT2D eigenvalue weighted by molar-refractivity contribution is -0.151. The smallest absolute Gasteiger partial charge is 0.233 e. The van der Waals surface area contributed by atoms with Gasteiger partial charge in [-0.15, -0.1) is 0 Å². The second kappa shape index (κ2) is 9.99. The SMILES string of the molecule is Cn1ccc(-c2ccc(-c3cnn4c5c(c(C6CC7CCC(C6)N7C(=O)C(C)(CO)CO)nc34)C(=O)CCN5)cn2)n1. The van der Waals surface area contributed by atoms with Crippen LogP contribution in [-0.2, 0) is 11.8 Å². The Morgan fingerprint density at radius 3 is 2.50 bits per heavy atom. The molecule has 3 aliphatic rings. The topological polar surface area (TPSA) is 151 Å². The largest absolute Gasteiger partial charge is 0.395 e. The summed E-state index contributed by atoms with van der Waals surface area (Å²) >= 11 is 0. The molecule has 2 bridgehead atoms. The minimum atomic E-state index is -1.21. The van der Waals surface area contributed by atoms with Crippen LogP contribution in [0.2, 0.25) is 0 Å². The number of hydrogen-bond donors (Lipinski definition) is 3. The van der Waals surface area contributed by atoms with Crippen molar-refractivity contribution in [2.24, 2.45) is 12.5 Å². The standard InChI is InChI=1S/C30H34N8O4/c1-30(15-39,16-40)29(42)37-19-4-5-20(37)12-18(11-19)26-25-24(41)7-9-31-28(25)38-27(34-26)21(14-33-38)17-3-6-22(32-13-17)23-8-10-36(2)35-23/h3,6,8,10,13-14,18-20,31,39-40H,4-5,7,9,11-12,15-16H2,1-2H3. The van der Waals surface area contributed by atoms with E-state index in [4.69, 9.17) is 4.98 Å². The number of carbonyl (C=O) groups is 2. The average Bonchev–Trinajstić information content (AvgIpc) is 3.71. The van der Waals surface area contributed by atoms with Crippen molar-refractivity contribution in [3.8, 4) is 22.5 Å². The van der Waals surface area contributed by atoms with Crippen LogP contribution in [0.1, 0.15) is 61.0 Å². The number of piperidine rings is 1. The van der Waals surface area contributed by atoms with Crippen LogP contribution in [0.25, 0.3) is 28.2 Å². The third kappa shape index (κ3) is 4.11. The Kier molecular flexibility index (Phi) is 6.35. The van der Waals surface area contributed by atoms with Crippen molar-refractivity contribution in [1.82, 2.24) is 34.3 Å². The molecule has 0 saturated carbocycles. The molecule has 1 amide bonds. The molecule has 4 aromatic rings. The predicted octanol–water partition coefficient (Wildman–Crippen LogP) is 2.42. The highest BCUT2D eigenvalue weighted by Gasteiger charge is 2.49. The Balaban J connectivity index is 1.27. The number of fused-ring (bicyclic) bond motifs is 5. The van der Waals surface area contributed by atoms with E-state index < -0.39 is 18.6 Å². The lowest BCUT2D eigenvalue weighted by atomic mass is 9.82. The van der Waals surface area contributed by atoms with E-state index in [0.717, 1.165) is 41.1 Å². The number of nitrogens with one attached hydrogen (secondary N) is 1. The minimum absolute atomic E-state index is 0.0175. The lowest BCUT2D eigenvalue weighted by Gasteiger charge is -2.43. The van der Waals surface area contributed by atoms with Crippen molar-refractivity contribution >= 4 is 23.2 Å². The average molecular weight is 571 g/mol. The van der Waals surface area contributed by atoms with Gasteiger partial charge in [-0.25, -0.2) is 4.98 Å². The molecule has 3 N–H and O–H groups in total. The van der Waals surface area contributed by atoms with Gasteiger partial charge in [0.15, 0.2) is 11.4 Å². The number of carbonyl (C=O) groups excluding carboxylic acids is 2. The van der Waals surface area contributed by atoms with Crippen molar-refractivity contribution in [2.45, 2.75) is 57.0 Å². The van der Waals surface area contributed by atoms with Gasteiger partial charge >= 0.3 is 0 Å². The molecule has 2 saturated heterocycles. The zero-order valence-corrected chi connectivity index (χ0v) is 23.7. The zero-order valence-electron chi connectivity index (χ0n) is 23.7. The molecule has 2 unspecified atom stereocenters. The van der Waals surface area contributed by atoms with E-state index >= 15 is 0 Å². The number of aryl methyl sites for hydroxylation is 1. The first-order valence-corrected chi connectivity index (χ1v) is 14.5. The number of hydrogen-bond acceptors (Lipinski definition) is 9. The normalized spacial score (nSPS) is 22.0. The fraction of sp³-hybridized carbons (Fsp3) is 0.467. The van der Waals surface area contributed by atoms with Crippen LogP contribution in [0.15, 0.2) is 36.8 Å². The highest BCUT2D eigenvalue weighted by Crippen LogP contribution is 2.46. The summed E-state index contributed by atoms with van der Waals surface area (Å²) in [7, 11) is 1.87. The Hall–Kier alpha value is -4.16. The van der Waals surface area contributed by atoms with Crippen LogP contribution in [-0.4, -0.2) is 88.0 Å². The van der Waals surface area contributed by atoms with Crippen LogP contribution >= 0.6 is 0 Å². The first-order chi connectivity index (χ1) is 20.3. The van der Waals surface area contributed by atoms with E-state index in [9.17, 15) is 19.8 Å². The van der Waals surface area contributed by atoms with Crippen LogP contribution < -0.4 is 5.32 Å². The van der Waals surface area contributed by atoms with Crippen molar-refractivity contribution in [1.29, 1.82) is 0 Å². The summed E-state index contributed by atoms with van der Waals surface area (Å²) < 4.78 is 3.46. The van der Waals surface area contributed by atoms with Crippen molar-refractivity contribution in [3.05, 3.63) is 48.0 Å². The van der Waals surface area contributed by atoms with Gasteiger partial charge in [-0.2, -0.15) is 14.7 Å². The van der Waals surface area contributed by atoms with Crippen molar-refractivity contribution < 1.29 is 19.8 Å². The lowest BCUT2D eigenvalue weighted by Crippen LogP contribution is -2.54. The molecule has 3 aliphatic heterocycles. The van der Waals surface area contributed by atoms with Gasteiger partial charge in [-0.1, -0.05) is 6.07 Å². The van der Waals surface area contributed by atoms with Gasteiger partial charge in [0.2, 0.25) is 5.91 Å². The second-order valence-corrected chi connectivity index (χ2v) is 12.1. The third-order valence-electron chi connectivity index (χ3n) is 9.22. The maximum absolute atomic E-state index is 13.4. The molecule has 12 heteroatoms. The van der Waals surface area contributed by atoms with Crippen LogP contribution in [0.3, 0.4) is 0 Å². The number of anilines is 1. The molecule has 0 aromatic carbocycles. The first-order valence-electron chi connectivity index (χ1n) is 14.5. The van der Waals surface area contributed by atoms with E-state index in [2.05, 4.69) is 20.5 Å². The fourth-order valence-corrected chi connectivity index (χ4v) is 6.85. The summed E-state index contributed by atoms with van der Waals surface area (Å²) in [5.74, 6) is 0.484. The van der Waals surface area contributed by atoms with Gasteiger partial charge in [0.25, 0.3) is 0 Å². The maximum Gasteiger partial charge on any atom is 0.233 e. The molecule has 4 aromatic heterocycles. The Labute approximate surface area is 242 Å². The summed E-state index contributed by atoms with van der Waals surface area (Å²) in [6, 6.07) is 5.76. The molecular weight excluding hydrogens is 536 g/mol. The van der Waals surface area contributed by atoms with Gasteiger partial charge in [0, 0.05) is 61.5 Å². The van der Waals surface area contributed by atoms with E-state index in [1.807, 2.05) is 36.3 Å². The van der Waals surface area contributed by atoms with Gasteiger partial charge in [-0.3, -0.25) is 19.3 Å². The maximum atomic E-state index is 13.4. The predicted molar refractivity (Wildman–Crippen MR) is 154 cm³/mol. The number of nitrogens with zero attached hydrogens (tertiary/aromatic N) is 7. The number of Topliss-reactive ketones (excluding diaryl/α,β-unsaturated/α-hetero) is 1. The molecule has 0 spiro atoms. The van der Waals surface area contributed by atoms with Crippen molar-refractivity contribution in [3.63, 3.8) is 0 Å². The number of ketones is 1. The molecule has 218 valence electrons. The molecule has 12 nitrogen and oxygen atoms in total. The summed E-state index contributed by atoms with van der Waals surface area (Å²) in [6.45, 7) is 1.32. The van der Waals surface area contributed by atoms with E-state index in [1.165, 1.54) is 0 Å². The van der Waals surface area contributed by atoms with E-state index in [0.29, 0.717) is 42.8 Å². The van der Waals surface area contributed by atoms with Gasteiger partial charge in [0.05, 0.1) is 41.8 Å². The Bertz CT molecular complexity index is 1680. The molecule has 7 rings (SSSR count). The van der Waals surface area contributed by atoms with Crippen molar-refractivity contribution in [2.75, 3.05) is 25.1 Å². The molecule has 0 radical (unpaired) electrons. The van der Waals surface area contributed by atoms with Crippen LogP contribution in [0, 0.1) is 5.41 Å². The van der Waals surface area contributed by atoms with Gasteiger partial charge < -0.3 is 20.4 Å². The molecule has 0 aliphatic carbocycles. The quantitative estimate of drug-likeness (QED) is 0.317. The van der Waals surface area contributed by atoms with Gasteiger partial charge in [-0.05, 0) is 44.7 Å². The highest BCUT2D eigenvalue weighted by atomic mass is 16.3. The number of aromatic nitrogens is 6. The fourth-order valence-electron chi connectivity index (χ4n) is 6.85. The van der Waals surface area contributed by atoms with E-state index in [1.54, 1.807) is 28.5 Å². The highest BCUT2D eigenvalue weighted by molar-refractivity contribution is 6.04. The zero-order chi connectivity index (χ0) is 29.2. The number of amides is 1. The monoisotopic (exact) mass is 570 g/mol. The minimum Gasteiger partial charge on any atom is -0.395 e. The summed E-state index contributed by atoms with van der Waals surface area (Å²) in [5, 5.41) is 32.2. The third-order valence-corrected chi connectivity index (χ3v) is 9.22. The molecule has 2 atom stereocenters. The summed E-state index contributed by atoms with van der Waals surface area (Å²) in [4.78, 5) is 38.4. The van der Waals surface area contributed by atoms with Crippen LogP contribution in [0.4, 0.5) is 5.82 Å². The second-order valence-electron chi connectivity index (χ2n) is 12.1. The molecule has 42 heavy (non-hydrogen) atoms. The molecule has 2 fully saturated rings. The Morgan fingerprint density at radius 1 is 1.10 bits per heavy atom. The summed E-state index contributed by atoms with van der Waals surface area (Å²) in [6.07, 6.45) is 8.86. The number of pyridine rings is 1. The number of aliphatic hydroxyl groups excluding tert-OH is 2. The molecular formula is C30H34N8O4. The van der Waals surface area contributed by atoms with Crippen LogP contribution in [0.5, 0.6) is 0 Å². The molecule has 7 heterocycles. The number of aliphatic hydroxyl groups is 2. The first kappa shape index (κ1) is 26.7. The van der Waals surface area contributed by atoms with Gasteiger partial charge in [0.1, 0.15) is 11.5 Å². The summed E-state index contributed by atoms with van der Waals surface area (Å²) in [5.41, 5.74) is 4.02. The Morgan fingerprint density at radius 2 is 1.86 bits per heavy atom.